The summed E-state index contributed by atoms with van der Waals surface area (Å²) in [6.45, 7) is 20.0. The van der Waals surface area contributed by atoms with Crippen LogP contribution >= 0.6 is 0 Å². The first-order valence-electron chi connectivity index (χ1n) is 9.56. The fourth-order valence-electron chi connectivity index (χ4n) is 2.57. The third-order valence-corrected chi connectivity index (χ3v) is 9.69. The maximum atomic E-state index is 6.72. The van der Waals surface area contributed by atoms with Gasteiger partial charge in [-0.25, -0.2) is 4.98 Å². The first-order valence-corrected chi connectivity index (χ1v) is 12.5. The number of rotatable bonds is 10. The predicted molar refractivity (Wildman–Crippen MR) is 116 cm³/mol. The van der Waals surface area contributed by atoms with Gasteiger partial charge >= 0.3 is 0 Å². The van der Waals surface area contributed by atoms with Crippen LogP contribution in [-0.2, 0) is 9.16 Å². The second-order valence-corrected chi connectivity index (χ2v) is 13.4. The van der Waals surface area contributed by atoms with E-state index in [-0.39, 0.29) is 23.2 Å². The Bertz CT molecular complexity index is 608. The summed E-state index contributed by atoms with van der Waals surface area (Å²) in [5, 5.41) is 0.130. The summed E-state index contributed by atoms with van der Waals surface area (Å²) >= 11 is 0. The Balaban J connectivity index is 2.91. The SMILES string of the molecule is C=C[C@H](OC)[C@@H](O[Si](C)(C)C(C)(C)C)[C@H](C)/C=C(/C)COc1ccccn1. The number of hydrogen-bond donors (Lipinski definition) is 0. The van der Waals surface area contributed by atoms with Gasteiger partial charge in [0.05, 0.1) is 6.10 Å². The quantitative estimate of drug-likeness (QED) is 0.382. The van der Waals surface area contributed by atoms with Crippen molar-refractivity contribution in [3.8, 4) is 5.88 Å². The number of hydrogen-bond acceptors (Lipinski definition) is 4. The zero-order chi connectivity index (χ0) is 20.7. The van der Waals surface area contributed by atoms with Crippen LogP contribution in [0.5, 0.6) is 5.88 Å². The third-order valence-electron chi connectivity index (χ3n) is 5.22. The zero-order valence-corrected chi connectivity index (χ0v) is 19.3. The Labute approximate surface area is 166 Å². The molecule has 0 spiro atoms. The van der Waals surface area contributed by atoms with Gasteiger partial charge in [0, 0.05) is 25.3 Å². The highest BCUT2D eigenvalue weighted by atomic mass is 28.4. The van der Waals surface area contributed by atoms with E-state index < -0.39 is 8.32 Å². The molecule has 0 aliphatic carbocycles. The van der Waals surface area contributed by atoms with Gasteiger partial charge in [0.2, 0.25) is 5.88 Å². The first kappa shape index (κ1) is 23.6. The van der Waals surface area contributed by atoms with Gasteiger partial charge in [-0.2, -0.15) is 0 Å². The number of pyridine rings is 1. The minimum absolute atomic E-state index is 0.0850. The molecule has 0 unspecified atom stereocenters. The van der Waals surface area contributed by atoms with Crippen molar-refractivity contribution in [3.05, 3.63) is 48.7 Å². The Morgan fingerprint density at radius 2 is 1.96 bits per heavy atom. The molecule has 5 heteroatoms. The summed E-state index contributed by atoms with van der Waals surface area (Å²) in [7, 11) is -0.236. The standard InChI is InChI=1S/C22H37NO3Si/c1-10-19(24-7)21(26-27(8,9)22(4,5)6)18(3)15-17(2)16-25-20-13-11-12-14-23-20/h10-15,18-19,21H,1,16H2,2-9H3/b17-15-/t18-,19+,21+/m1/s1. The Morgan fingerprint density at radius 1 is 1.30 bits per heavy atom. The maximum Gasteiger partial charge on any atom is 0.213 e. The van der Waals surface area contributed by atoms with Crippen molar-refractivity contribution in [3.63, 3.8) is 0 Å². The minimum Gasteiger partial charge on any atom is -0.473 e. The normalized spacial score (nSPS) is 16.5. The van der Waals surface area contributed by atoms with Crippen LogP contribution < -0.4 is 4.74 Å². The molecule has 0 fully saturated rings. The van der Waals surface area contributed by atoms with E-state index in [1.54, 1.807) is 13.3 Å². The number of nitrogens with zero attached hydrogens (tertiary/aromatic N) is 1. The highest BCUT2D eigenvalue weighted by molar-refractivity contribution is 6.74. The lowest BCUT2D eigenvalue weighted by Crippen LogP contribution is -2.49. The fourth-order valence-corrected chi connectivity index (χ4v) is 3.95. The summed E-state index contributed by atoms with van der Waals surface area (Å²) in [5.41, 5.74) is 1.14. The van der Waals surface area contributed by atoms with E-state index in [9.17, 15) is 0 Å². The van der Waals surface area contributed by atoms with E-state index in [2.05, 4.69) is 65.4 Å². The van der Waals surface area contributed by atoms with Gasteiger partial charge in [0.25, 0.3) is 0 Å². The average molecular weight is 392 g/mol. The molecule has 1 aromatic rings. The molecule has 1 heterocycles. The van der Waals surface area contributed by atoms with Gasteiger partial charge in [-0.3, -0.25) is 0 Å². The highest BCUT2D eigenvalue weighted by Crippen LogP contribution is 2.39. The van der Waals surface area contributed by atoms with Crippen molar-refractivity contribution in [2.75, 3.05) is 13.7 Å². The summed E-state index contributed by atoms with van der Waals surface area (Å²) in [5.74, 6) is 0.794. The zero-order valence-electron chi connectivity index (χ0n) is 18.3. The van der Waals surface area contributed by atoms with Crippen LogP contribution in [0, 0.1) is 5.92 Å². The molecule has 0 aromatic carbocycles. The lowest BCUT2D eigenvalue weighted by atomic mass is 9.97. The van der Waals surface area contributed by atoms with Crippen LogP contribution in [0.4, 0.5) is 0 Å². The highest BCUT2D eigenvalue weighted by Gasteiger charge is 2.41. The Kier molecular flexibility index (Phi) is 8.92. The lowest BCUT2D eigenvalue weighted by molar-refractivity contribution is 0.00592. The molecule has 0 saturated carbocycles. The molecule has 0 saturated heterocycles. The number of ether oxygens (including phenoxy) is 2. The van der Waals surface area contributed by atoms with Crippen molar-refractivity contribution in [2.24, 2.45) is 5.92 Å². The third kappa shape index (κ3) is 7.24. The van der Waals surface area contributed by atoms with E-state index in [0.717, 1.165) is 5.57 Å². The second-order valence-electron chi connectivity index (χ2n) is 8.61. The van der Waals surface area contributed by atoms with E-state index in [4.69, 9.17) is 13.9 Å². The maximum absolute atomic E-state index is 6.72. The Hall–Kier alpha value is -1.43. The predicted octanol–water partition coefficient (Wildman–Crippen LogP) is 5.63. The van der Waals surface area contributed by atoms with Crippen LogP contribution in [0.3, 0.4) is 0 Å². The van der Waals surface area contributed by atoms with Crippen molar-refractivity contribution in [1.29, 1.82) is 0 Å². The smallest absolute Gasteiger partial charge is 0.213 e. The molecular formula is C22H37NO3Si. The molecular weight excluding hydrogens is 354 g/mol. The van der Waals surface area contributed by atoms with Crippen LogP contribution in [0.1, 0.15) is 34.6 Å². The molecule has 0 amide bonds. The minimum atomic E-state index is -1.95. The monoisotopic (exact) mass is 391 g/mol. The fraction of sp³-hybridized carbons (Fsp3) is 0.591. The van der Waals surface area contributed by atoms with Crippen molar-refractivity contribution >= 4 is 8.32 Å². The van der Waals surface area contributed by atoms with Gasteiger partial charge in [0.15, 0.2) is 8.32 Å². The average Bonchev–Trinajstić information content (AvgIpc) is 2.60. The van der Waals surface area contributed by atoms with Crippen molar-refractivity contribution in [1.82, 2.24) is 4.98 Å². The van der Waals surface area contributed by atoms with Crippen molar-refractivity contribution < 1.29 is 13.9 Å². The summed E-state index contributed by atoms with van der Waals surface area (Å²) < 4.78 is 18.1. The number of aromatic nitrogens is 1. The first-order chi connectivity index (χ1) is 12.5. The van der Waals surface area contributed by atoms with Gasteiger partial charge in [-0.05, 0) is 36.7 Å². The van der Waals surface area contributed by atoms with Gasteiger partial charge < -0.3 is 13.9 Å². The molecule has 3 atom stereocenters. The topological polar surface area (TPSA) is 40.6 Å². The van der Waals surface area contributed by atoms with Crippen molar-refractivity contribution in [2.45, 2.75) is 65.0 Å². The van der Waals surface area contributed by atoms with E-state index in [0.29, 0.717) is 12.5 Å². The van der Waals surface area contributed by atoms with E-state index in [1.165, 1.54) is 0 Å². The second kappa shape index (κ2) is 10.2. The van der Waals surface area contributed by atoms with Gasteiger partial charge in [-0.15, -0.1) is 6.58 Å². The summed E-state index contributed by atoms with van der Waals surface area (Å²) in [4.78, 5) is 4.19. The van der Waals surface area contributed by atoms with E-state index in [1.807, 2.05) is 24.3 Å². The molecule has 0 radical (unpaired) electrons. The molecule has 4 nitrogen and oxygen atoms in total. The van der Waals surface area contributed by atoms with Gasteiger partial charge in [-0.1, -0.05) is 45.9 Å². The van der Waals surface area contributed by atoms with E-state index >= 15 is 0 Å². The van der Waals surface area contributed by atoms with Crippen LogP contribution in [-0.4, -0.2) is 39.2 Å². The van der Waals surface area contributed by atoms with Crippen LogP contribution in [0.15, 0.2) is 48.7 Å². The van der Waals surface area contributed by atoms with Gasteiger partial charge in [0.1, 0.15) is 12.7 Å². The largest absolute Gasteiger partial charge is 0.473 e. The molecule has 27 heavy (non-hydrogen) atoms. The van der Waals surface area contributed by atoms with Crippen LogP contribution in [0.25, 0.3) is 0 Å². The summed E-state index contributed by atoms with van der Waals surface area (Å²) in [6.07, 6.45) is 5.53. The molecule has 0 N–H and O–H groups in total. The molecule has 0 aliphatic heterocycles. The molecule has 0 bridgehead atoms. The molecule has 152 valence electrons. The number of methoxy groups -OCH3 is 1. The lowest BCUT2D eigenvalue weighted by Gasteiger charge is -2.42. The summed E-state index contributed by atoms with van der Waals surface area (Å²) in [6, 6.07) is 5.65. The molecule has 1 rings (SSSR count). The Morgan fingerprint density at radius 3 is 2.44 bits per heavy atom. The van der Waals surface area contributed by atoms with Crippen LogP contribution in [0.2, 0.25) is 18.1 Å². The molecule has 1 aromatic heterocycles. The molecule has 0 aliphatic rings.